The Labute approximate surface area is 174 Å². The van der Waals surface area contributed by atoms with Gasteiger partial charge in [-0.2, -0.15) is 15.0 Å². The Morgan fingerprint density at radius 3 is 2.65 bits per heavy atom. The van der Waals surface area contributed by atoms with E-state index in [2.05, 4.69) is 25.1 Å². The third-order valence-electron chi connectivity index (χ3n) is 3.77. The lowest BCUT2D eigenvalue weighted by Gasteiger charge is -2.15. The van der Waals surface area contributed by atoms with Gasteiger partial charge in [-0.15, -0.1) is 13.2 Å². The summed E-state index contributed by atoms with van der Waals surface area (Å²) in [6, 6.07) is 3.05. The van der Waals surface area contributed by atoms with Crippen LogP contribution in [0.5, 0.6) is 5.75 Å². The Morgan fingerprint density at radius 1 is 1.29 bits per heavy atom. The molecule has 0 spiro atoms. The van der Waals surface area contributed by atoms with E-state index in [0.717, 1.165) is 17.4 Å². The fourth-order valence-corrected chi connectivity index (χ4v) is 3.20. The highest BCUT2D eigenvalue weighted by Crippen LogP contribution is 2.29. The molecule has 31 heavy (non-hydrogen) atoms. The maximum Gasteiger partial charge on any atom is 0.573 e. The maximum atomic E-state index is 13.1. The Balaban J connectivity index is 1.85. The van der Waals surface area contributed by atoms with Crippen LogP contribution in [-0.2, 0) is 0 Å². The monoisotopic (exact) mass is 458 g/mol. The minimum absolute atomic E-state index is 0.198. The number of nitrogens with one attached hydrogen (secondary N) is 1. The lowest BCUT2D eigenvalue weighted by Crippen LogP contribution is -2.29. The molecule has 0 aliphatic rings. The molecule has 0 fully saturated rings. The molecule has 162 valence electrons. The molecule has 2 aromatic heterocycles. The number of halogens is 5. The molecule has 1 atom stereocenters. The first-order valence-electron chi connectivity index (χ1n) is 8.33. The summed E-state index contributed by atoms with van der Waals surface area (Å²) in [7, 11) is 0. The first-order chi connectivity index (χ1) is 14.6. The van der Waals surface area contributed by atoms with Crippen molar-refractivity contribution in [3.05, 3.63) is 52.6 Å². The van der Waals surface area contributed by atoms with Crippen LogP contribution >= 0.6 is 11.3 Å². The lowest BCUT2D eigenvalue weighted by molar-refractivity contribution is -0.274. The summed E-state index contributed by atoms with van der Waals surface area (Å²) in [5.41, 5.74) is -1.27. The first kappa shape index (κ1) is 22.1. The number of carbonyl (C=O) groups is 1. The van der Waals surface area contributed by atoms with E-state index in [1.54, 1.807) is 0 Å². The molecule has 3 aromatic rings. The van der Waals surface area contributed by atoms with Crippen molar-refractivity contribution in [2.75, 3.05) is 0 Å². The van der Waals surface area contributed by atoms with Crippen LogP contribution in [0.1, 0.15) is 46.0 Å². The minimum atomic E-state index is -5.12. The predicted octanol–water partition coefficient (Wildman–Crippen LogP) is 3.92. The van der Waals surface area contributed by atoms with Gasteiger partial charge >= 0.3 is 6.36 Å². The van der Waals surface area contributed by atoms with Gasteiger partial charge in [-0.05, 0) is 25.1 Å². The summed E-state index contributed by atoms with van der Waals surface area (Å²) >= 11 is 1.02. The van der Waals surface area contributed by atoms with Crippen LogP contribution in [0.3, 0.4) is 0 Å². The normalized spacial score (nSPS) is 12.5. The summed E-state index contributed by atoms with van der Waals surface area (Å²) in [5.74, 6) is -1.68. The number of rotatable bonds is 6. The molecule has 1 aromatic carbocycles. The van der Waals surface area contributed by atoms with Crippen molar-refractivity contribution in [2.45, 2.75) is 25.8 Å². The molecule has 0 saturated carbocycles. The Bertz CT molecular complexity index is 1140. The number of alkyl halides is 5. The van der Waals surface area contributed by atoms with Crippen LogP contribution in [0.25, 0.3) is 5.13 Å². The Hall–Kier alpha value is -3.60. The number of hydrogen-bond acceptors (Lipinski definition) is 7. The number of hydrogen-bond donors (Lipinski definition) is 1. The molecule has 0 radical (unpaired) electrons. The van der Waals surface area contributed by atoms with Gasteiger partial charge in [0, 0.05) is 11.1 Å². The number of nitriles is 1. The molecule has 2 heterocycles. The molecule has 0 unspecified atom stereocenters. The van der Waals surface area contributed by atoms with Gasteiger partial charge in [-0.1, -0.05) is 11.3 Å². The quantitative estimate of drug-likeness (QED) is 0.562. The molecule has 8 nitrogen and oxygen atoms in total. The number of carbonyl (C=O) groups excluding carboxylic acids is 1. The molecule has 14 heteroatoms. The van der Waals surface area contributed by atoms with Crippen molar-refractivity contribution in [3.63, 3.8) is 0 Å². The number of amides is 1. The zero-order valence-corrected chi connectivity index (χ0v) is 16.2. The average Bonchev–Trinajstić information content (AvgIpc) is 3.35. The highest BCUT2D eigenvalue weighted by atomic mass is 32.1. The second kappa shape index (κ2) is 8.64. The molecular weight excluding hydrogens is 447 g/mol. The van der Waals surface area contributed by atoms with Crippen LogP contribution in [0.15, 0.2) is 30.7 Å². The second-order valence-electron chi connectivity index (χ2n) is 5.98. The minimum Gasteiger partial charge on any atom is -0.406 e. The number of ether oxygens (including phenoxy) is 1. The van der Waals surface area contributed by atoms with Crippen molar-refractivity contribution in [1.29, 1.82) is 5.26 Å². The maximum absolute atomic E-state index is 13.1. The first-order valence-corrected chi connectivity index (χ1v) is 9.15. The summed E-state index contributed by atoms with van der Waals surface area (Å²) in [6.07, 6.45) is -5.73. The van der Waals surface area contributed by atoms with Gasteiger partial charge in [0.2, 0.25) is 5.13 Å². The van der Waals surface area contributed by atoms with Gasteiger partial charge in [0.05, 0.1) is 12.2 Å². The van der Waals surface area contributed by atoms with Crippen LogP contribution in [0.2, 0.25) is 0 Å². The molecule has 1 N–H and O–H groups in total. The zero-order valence-electron chi connectivity index (χ0n) is 15.4. The highest BCUT2D eigenvalue weighted by Gasteiger charge is 2.32. The van der Waals surface area contributed by atoms with E-state index in [1.165, 1.54) is 24.1 Å². The van der Waals surface area contributed by atoms with Gasteiger partial charge in [0.1, 0.15) is 23.0 Å². The van der Waals surface area contributed by atoms with E-state index >= 15 is 0 Å². The van der Waals surface area contributed by atoms with Crippen molar-refractivity contribution in [1.82, 2.24) is 25.1 Å². The Kier molecular flexibility index (Phi) is 6.16. The summed E-state index contributed by atoms with van der Waals surface area (Å²) < 4.78 is 68.5. The molecule has 0 aliphatic carbocycles. The fraction of sp³-hybridized carbons (Fsp3) is 0.235. The second-order valence-corrected chi connectivity index (χ2v) is 6.99. The van der Waals surface area contributed by atoms with Gasteiger partial charge in [-0.25, -0.2) is 18.7 Å². The lowest BCUT2D eigenvalue weighted by atomic mass is 10.1. The standard InChI is InChI=1S/C17H11F5N6O2S/c1-8(14-25-7-26-28(14)16-24-6-12(5-23)31-16)27-15(29)10-2-9(13(18)19)3-11(4-10)30-17(20,21)22/h2-4,6-8,13H,1H3,(H,27,29)/t8-/m0/s1. The largest absolute Gasteiger partial charge is 0.573 e. The van der Waals surface area contributed by atoms with Crippen LogP contribution in [0, 0.1) is 11.3 Å². The average molecular weight is 458 g/mol. The van der Waals surface area contributed by atoms with E-state index in [0.29, 0.717) is 22.1 Å². The van der Waals surface area contributed by atoms with Crippen LogP contribution in [-0.4, -0.2) is 32.0 Å². The number of aromatic nitrogens is 4. The van der Waals surface area contributed by atoms with Gasteiger partial charge in [-0.3, -0.25) is 4.79 Å². The van der Waals surface area contributed by atoms with Crippen LogP contribution in [0.4, 0.5) is 22.0 Å². The SMILES string of the molecule is C[C@H](NC(=O)c1cc(OC(F)(F)F)cc(C(F)F)c1)c1ncnn1-c1ncc(C#N)s1. The van der Waals surface area contributed by atoms with E-state index in [4.69, 9.17) is 5.26 Å². The van der Waals surface area contributed by atoms with Crippen molar-refractivity contribution >= 4 is 17.2 Å². The number of thiazole rings is 1. The summed E-state index contributed by atoms with van der Waals surface area (Å²) in [6.45, 7) is 1.50. The summed E-state index contributed by atoms with van der Waals surface area (Å²) in [5, 5.41) is 15.6. The van der Waals surface area contributed by atoms with Gasteiger partial charge < -0.3 is 10.1 Å². The summed E-state index contributed by atoms with van der Waals surface area (Å²) in [4.78, 5) is 20.9. The van der Waals surface area contributed by atoms with E-state index in [9.17, 15) is 26.7 Å². The Morgan fingerprint density at radius 2 is 2.03 bits per heavy atom. The molecular formula is C17H11F5N6O2S. The molecule has 1 amide bonds. The van der Waals surface area contributed by atoms with Gasteiger partial charge in [0.15, 0.2) is 5.82 Å². The van der Waals surface area contributed by atoms with Crippen LogP contribution < -0.4 is 10.1 Å². The topological polar surface area (TPSA) is 106 Å². The fourth-order valence-electron chi connectivity index (χ4n) is 2.52. The zero-order chi connectivity index (χ0) is 22.8. The van der Waals surface area contributed by atoms with E-state index in [1.807, 2.05) is 6.07 Å². The third kappa shape index (κ3) is 5.31. The van der Waals surface area contributed by atoms with E-state index < -0.39 is 41.6 Å². The highest BCUT2D eigenvalue weighted by molar-refractivity contribution is 7.14. The molecule has 0 aliphatic heterocycles. The van der Waals surface area contributed by atoms with Crippen molar-refractivity contribution in [2.24, 2.45) is 0 Å². The smallest absolute Gasteiger partial charge is 0.406 e. The van der Waals surface area contributed by atoms with E-state index in [-0.39, 0.29) is 5.82 Å². The predicted molar refractivity (Wildman–Crippen MR) is 95.7 cm³/mol. The van der Waals surface area contributed by atoms with Crippen molar-refractivity contribution < 1.29 is 31.5 Å². The molecule has 0 saturated heterocycles. The molecule has 0 bridgehead atoms. The third-order valence-corrected chi connectivity index (χ3v) is 4.65. The number of nitrogens with zero attached hydrogens (tertiary/aromatic N) is 5. The van der Waals surface area contributed by atoms with Crippen molar-refractivity contribution in [3.8, 4) is 17.0 Å². The van der Waals surface area contributed by atoms with Gasteiger partial charge in [0.25, 0.3) is 12.3 Å². The number of benzene rings is 1. The molecule has 3 rings (SSSR count).